The van der Waals surface area contributed by atoms with Gasteiger partial charge in [0.15, 0.2) is 5.82 Å². The monoisotopic (exact) mass is 718 g/mol. The van der Waals surface area contributed by atoms with E-state index < -0.39 is 0 Å². The van der Waals surface area contributed by atoms with Crippen LogP contribution in [0.5, 0.6) is 0 Å². The van der Waals surface area contributed by atoms with Crippen LogP contribution >= 0.6 is 11.8 Å². The molecule has 256 valence electrons. The summed E-state index contributed by atoms with van der Waals surface area (Å²) in [5.74, 6) is 0.718. The van der Waals surface area contributed by atoms with Crippen molar-refractivity contribution >= 4 is 66.3 Å². The number of para-hydroxylation sites is 4. The Kier molecular flexibility index (Phi) is 6.53. The van der Waals surface area contributed by atoms with E-state index in [1.807, 2.05) is 11.8 Å². The number of hydrogen-bond acceptors (Lipinski definition) is 3. The molecule has 0 saturated carbocycles. The van der Waals surface area contributed by atoms with Gasteiger partial charge in [0.1, 0.15) is 5.65 Å². The van der Waals surface area contributed by atoms with Gasteiger partial charge in [-0.3, -0.25) is 9.13 Å². The normalized spacial score (nSPS) is 12.3. The van der Waals surface area contributed by atoms with Crippen LogP contribution in [0.3, 0.4) is 0 Å². The maximum Gasteiger partial charge on any atom is 0.160 e. The zero-order valence-electron chi connectivity index (χ0n) is 29.5. The van der Waals surface area contributed by atoms with Crippen molar-refractivity contribution in [1.82, 2.24) is 19.1 Å². The summed E-state index contributed by atoms with van der Waals surface area (Å²) in [4.78, 5) is 12.9. The lowest BCUT2D eigenvalue weighted by Crippen LogP contribution is -2.05. The number of rotatable bonds is 4. The van der Waals surface area contributed by atoms with Gasteiger partial charge in [-0.25, -0.2) is 9.97 Å². The van der Waals surface area contributed by atoms with Crippen molar-refractivity contribution in [1.29, 1.82) is 0 Å². The largest absolute Gasteiger partial charge is 0.295 e. The molecule has 5 heteroatoms. The third kappa shape index (κ3) is 4.54. The predicted octanol–water partition coefficient (Wildman–Crippen LogP) is 13.3. The van der Waals surface area contributed by atoms with Crippen LogP contribution in [-0.4, -0.2) is 19.1 Å². The maximum atomic E-state index is 5.30. The smallest absolute Gasteiger partial charge is 0.160 e. The number of nitrogens with zero attached hydrogens (tertiary/aromatic N) is 4. The van der Waals surface area contributed by atoms with Crippen LogP contribution in [0, 0.1) is 0 Å². The van der Waals surface area contributed by atoms with Gasteiger partial charge in [0.05, 0.1) is 27.9 Å². The lowest BCUT2D eigenvalue weighted by molar-refractivity contribution is 1.03. The number of hydrogen-bond donors (Lipinski definition) is 0. The van der Waals surface area contributed by atoms with Crippen LogP contribution in [0.1, 0.15) is 0 Å². The van der Waals surface area contributed by atoms with Crippen molar-refractivity contribution in [2.24, 2.45) is 0 Å². The molecule has 4 nitrogen and oxygen atoms in total. The van der Waals surface area contributed by atoms with Gasteiger partial charge in [-0.15, -0.1) is 0 Å². The van der Waals surface area contributed by atoms with E-state index in [1.54, 1.807) is 0 Å². The average molecular weight is 719 g/mol. The molecule has 11 aromatic rings. The molecular formula is C50H30N4S. The van der Waals surface area contributed by atoms with Gasteiger partial charge in [0.25, 0.3) is 0 Å². The Labute approximate surface area is 321 Å². The Morgan fingerprint density at radius 1 is 0.455 bits per heavy atom. The van der Waals surface area contributed by atoms with Crippen LogP contribution in [0.2, 0.25) is 0 Å². The zero-order valence-corrected chi connectivity index (χ0v) is 30.3. The Balaban J connectivity index is 1.02. The van der Waals surface area contributed by atoms with E-state index in [0.29, 0.717) is 0 Å². The number of fused-ring (bicyclic) bond motifs is 9. The lowest BCUT2D eigenvalue weighted by Gasteiger charge is -2.22. The summed E-state index contributed by atoms with van der Waals surface area (Å²) in [6, 6.07) is 65.2. The molecular weight excluding hydrogens is 689 g/mol. The third-order valence-electron chi connectivity index (χ3n) is 11.1. The maximum absolute atomic E-state index is 5.30. The van der Waals surface area contributed by atoms with E-state index in [4.69, 9.17) is 9.97 Å². The van der Waals surface area contributed by atoms with Crippen LogP contribution in [0.15, 0.2) is 192 Å². The lowest BCUT2D eigenvalue weighted by atomic mass is 9.98. The first-order valence-electron chi connectivity index (χ1n) is 18.6. The Morgan fingerprint density at radius 3 is 2.09 bits per heavy atom. The first-order valence-corrected chi connectivity index (χ1v) is 19.4. The molecule has 0 bridgehead atoms. The minimum Gasteiger partial charge on any atom is -0.295 e. The molecule has 4 heterocycles. The van der Waals surface area contributed by atoms with Gasteiger partial charge < -0.3 is 0 Å². The van der Waals surface area contributed by atoms with E-state index in [-0.39, 0.29) is 0 Å². The highest BCUT2D eigenvalue weighted by Gasteiger charge is 2.28. The highest BCUT2D eigenvalue weighted by atomic mass is 32.2. The number of benzene rings is 8. The van der Waals surface area contributed by atoms with E-state index >= 15 is 0 Å². The molecule has 3 aromatic heterocycles. The zero-order chi connectivity index (χ0) is 36.0. The molecule has 0 N–H and O–H groups in total. The Bertz CT molecular complexity index is 3350. The predicted molar refractivity (Wildman–Crippen MR) is 229 cm³/mol. The van der Waals surface area contributed by atoms with Crippen LogP contribution in [0.25, 0.3) is 99.7 Å². The fourth-order valence-corrected chi connectivity index (χ4v) is 9.81. The molecule has 55 heavy (non-hydrogen) atoms. The van der Waals surface area contributed by atoms with E-state index in [1.165, 1.54) is 59.1 Å². The van der Waals surface area contributed by atoms with E-state index in [9.17, 15) is 0 Å². The van der Waals surface area contributed by atoms with Crippen molar-refractivity contribution in [2.45, 2.75) is 9.79 Å². The molecule has 0 radical (unpaired) electrons. The number of aromatic nitrogens is 4. The first-order chi connectivity index (χ1) is 27.3. The highest BCUT2D eigenvalue weighted by Crippen LogP contribution is 2.50. The van der Waals surface area contributed by atoms with Gasteiger partial charge in [-0.05, 0) is 70.4 Å². The van der Waals surface area contributed by atoms with Gasteiger partial charge in [-0.2, -0.15) is 0 Å². The summed E-state index contributed by atoms with van der Waals surface area (Å²) in [5, 5.41) is 7.27. The highest BCUT2D eigenvalue weighted by molar-refractivity contribution is 7.99. The average Bonchev–Trinajstić information content (AvgIpc) is 3.77. The molecule has 0 unspecified atom stereocenters. The van der Waals surface area contributed by atoms with E-state index in [0.717, 1.165) is 50.4 Å². The van der Waals surface area contributed by atoms with Crippen molar-refractivity contribution in [3.63, 3.8) is 0 Å². The second-order valence-corrected chi connectivity index (χ2v) is 15.3. The van der Waals surface area contributed by atoms with Gasteiger partial charge in [-0.1, -0.05) is 145 Å². The van der Waals surface area contributed by atoms with Gasteiger partial charge in [0.2, 0.25) is 0 Å². The quantitative estimate of drug-likeness (QED) is 0.182. The molecule has 8 aromatic carbocycles. The van der Waals surface area contributed by atoms with Crippen molar-refractivity contribution in [2.75, 3.05) is 0 Å². The summed E-state index contributed by atoms with van der Waals surface area (Å²) in [7, 11) is 0. The second kappa shape index (κ2) is 11.8. The fourth-order valence-electron chi connectivity index (χ4n) is 8.68. The molecule has 0 aliphatic carbocycles. The summed E-state index contributed by atoms with van der Waals surface area (Å²) in [5.41, 5.74) is 12.3. The molecule has 0 atom stereocenters. The molecule has 1 aliphatic rings. The topological polar surface area (TPSA) is 35.6 Å². The van der Waals surface area contributed by atoms with Gasteiger partial charge >= 0.3 is 0 Å². The van der Waals surface area contributed by atoms with Gasteiger partial charge in [0, 0.05) is 48.2 Å². The molecule has 0 amide bonds. The standard InChI is InChI=1S/C50H30N4S/c1-2-17-35(18-3-1)53-42-25-9-7-21-39(42)46-40-23-12-26-44-48(40)54(50(46)53)43-28-27-33(30-45(43)55-44)32-15-10-16-34(29-32)49-51-41-24-8-6-20-38(41)47(52-49)37-22-11-14-31-13-4-5-19-36(31)37/h1-30H. The summed E-state index contributed by atoms with van der Waals surface area (Å²) in [6.07, 6.45) is 0. The Morgan fingerprint density at radius 2 is 1.16 bits per heavy atom. The van der Waals surface area contributed by atoms with Crippen LogP contribution in [0.4, 0.5) is 0 Å². The van der Waals surface area contributed by atoms with E-state index in [2.05, 4.69) is 191 Å². The second-order valence-electron chi connectivity index (χ2n) is 14.2. The summed E-state index contributed by atoms with van der Waals surface area (Å²) >= 11 is 1.86. The SMILES string of the molecule is c1ccc(-n2c3ccccc3c3c4cccc5c4n(c32)-c2ccc(-c3cccc(-c4nc(-c6cccc7ccccc67)c6ccccc6n4)c3)cc2S5)cc1. The Hall–Kier alpha value is -6.95. The molecule has 12 rings (SSSR count). The minimum absolute atomic E-state index is 0.718. The summed E-state index contributed by atoms with van der Waals surface area (Å²) in [6.45, 7) is 0. The molecule has 1 aliphatic heterocycles. The van der Waals surface area contributed by atoms with Crippen LogP contribution < -0.4 is 0 Å². The molecule has 0 spiro atoms. The third-order valence-corrected chi connectivity index (χ3v) is 12.2. The minimum atomic E-state index is 0.718. The van der Waals surface area contributed by atoms with Crippen molar-refractivity contribution < 1.29 is 0 Å². The van der Waals surface area contributed by atoms with Crippen LogP contribution in [-0.2, 0) is 0 Å². The van der Waals surface area contributed by atoms with Crippen molar-refractivity contribution in [3.05, 3.63) is 182 Å². The fraction of sp³-hybridized carbons (Fsp3) is 0. The molecule has 0 saturated heterocycles. The molecule has 0 fully saturated rings. The first kappa shape index (κ1) is 30.5. The van der Waals surface area contributed by atoms with Crippen molar-refractivity contribution in [3.8, 4) is 45.1 Å². The summed E-state index contributed by atoms with van der Waals surface area (Å²) < 4.78 is 4.93.